The van der Waals surface area contributed by atoms with Crippen molar-refractivity contribution < 1.29 is 9.90 Å². The predicted molar refractivity (Wildman–Crippen MR) is 55.0 cm³/mol. The van der Waals surface area contributed by atoms with Crippen LogP contribution in [0, 0.1) is 0 Å². The standard InChI is InChI=1S/C8H18N4O2/c1-12(2)8(10)11-5-3-4-6(9)7(13)14/h6H,3-5,9H2,1-2H3,(H2,10,11)(H,13,14)/i3+1,4+1,5+1,6+1,7+1. The van der Waals surface area contributed by atoms with E-state index >= 15 is 0 Å². The minimum Gasteiger partial charge on any atom is -0.480 e. The topological polar surface area (TPSA) is 105 Å². The maximum absolute atomic E-state index is 10.3. The summed E-state index contributed by atoms with van der Waals surface area (Å²) in [5.41, 5.74) is 10.8. The van der Waals surface area contributed by atoms with Gasteiger partial charge in [0.2, 0.25) is 0 Å². The van der Waals surface area contributed by atoms with Gasteiger partial charge in [0.15, 0.2) is 5.96 Å². The lowest BCUT2D eigenvalue weighted by molar-refractivity contribution is -0.138. The number of hydrogen-bond acceptors (Lipinski definition) is 3. The molecule has 1 atom stereocenters. The smallest absolute Gasteiger partial charge is 0.320 e. The molecule has 0 aromatic carbocycles. The Bertz CT molecular complexity index is 215. The molecular weight excluding hydrogens is 189 g/mol. The quantitative estimate of drug-likeness (QED) is 0.233. The average Bonchev–Trinajstić information content (AvgIpc) is 2.11. The van der Waals surface area contributed by atoms with Crippen molar-refractivity contribution >= 4 is 11.9 Å². The normalized spacial score (nSPS) is 13.8. The van der Waals surface area contributed by atoms with Crippen LogP contribution in [-0.2, 0) is 4.79 Å². The number of carboxylic acid groups (broad SMARTS) is 1. The molecule has 0 aromatic rings. The first-order valence-corrected chi connectivity index (χ1v) is 4.40. The zero-order chi connectivity index (χ0) is 11.1. The van der Waals surface area contributed by atoms with Gasteiger partial charge in [-0.3, -0.25) is 9.79 Å². The molecule has 82 valence electrons. The fraction of sp³-hybridized carbons (Fsp3) is 0.750. The molecule has 0 fully saturated rings. The molecule has 0 aliphatic heterocycles. The van der Waals surface area contributed by atoms with Gasteiger partial charge in [0, 0.05) is 20.6 Å². The van der Waals surface area contributed by atoms with Gasteiger partial charge in [0.25, 0.3) is 0 Å². The van der Waals surface area contributed by atoms with Crippen molar-refractivity contribution in [2.24, 2.45) is 16.5 Å². The number of carboxylic acids is 1. The molecule has 0 saturated heterocycles. The summed E-state index contributed by atoms with van der Waals surface area (Å²) < 4.78 is 0. The Labute approximate surface area is 83.6 Å². The lowest BCUT2D eigenvalue weighted by Crippen LogP contribution is -2.31. The third-order valence-electron chi connectivity index (χ3n) is 1.72. The molecule has 14 heavy (non-hydrogen) atoms. The molecule has 1 unspecified atom stereocenters. The molecule has 0 radical (unpaired) electrons. The van der Waals surface area contributed by atoms with E-state index in [1.165, 1.54) is 0 Å². The van der Waals surface area contributed by atoms with Crippen LogP contribution in [0.1, 0.15) is 12.8 Å². The molecule has 0 saturated carbocycles. The molecular formula is C8H18N4O2. The fourth-order valence-electron chi connectivity index (χ4n) is 0.770. The highest BCUT2D eigenvalue weighted by Gasteiger charge is 2.09. The number of aliphatic imine (C=N–C) groups is 1. The Kier molecular flexibility index (Phi) is 5.62. The second-order valence-electron chi connectivity index (χ2n) is 3.22. The molecule has 6 heteroatoms. The van der Waals surface area contributed by atoms with Crippen LogP contribution in [0.3, 0.4) is 0 Å². The van der Waals surface area contributed by atoms with E-state index in [4.69, 9.17) is 16.6 Å². The Balaban J connectivity index is 3.66. The Hall–Kier alpha value is -1.30. The van der Waals surface area contributed by atoms with Crippen molar-refractivity contribution in [2.45, 2.75) is 18.9 Å². The van der Waals surface area contributed by atoms with Crippen LogP contribution in [0.2, 0.25) is 0 Å². The summed E-state index contributed by atoms with van der Waals surface area (Å²) in [5.74, 6) is -0.538. The zero-order valence-corrected chi connectivity index (χ0v) is 8.60. The van der Waals surface area contributed by atoms with E-state index in [0.29, 0.717) is 25.3 Å². The zero-order valence-electron chi connectivity index (χ0n) is 8.60. The van der Waals surface area contributed by atoms with Gasteiger partial charge in [0.1, 0.15) is 6.04 Å². The summed E-state index contributed by atoms with van der Waals surface area (Å²) in [6.07, 6.45) is 1.04. The van der Waals surface area contributed by atoms with Gasteiger partial charge in [-0.2, -0.15) is 0 Å². The number of nitrogens with two attached hydrogens (primary N) is 2. The van der Waals surface area contributed by atoms with Gasteiger partial charge in [0.05, 0.1) is 0 Å². The molecule has 0 aliphatic rings. The van der Waals surface area contributed by atoms with Crippen molar-refractivity contribution in [1.29, 1.82) is 0 Å². The molecule has 6 nitrogen and oxygen atoms in total. The van der Waals surface area contributed by atoms with E-state index in [-0.39, 0.29) is 0 Å². The molecule has 0 aromatic heterocycles. The number of nitrogens with zero attached hydrogens (tertiary/aromatic N) is 2. The molecule has 0 rings (SSSR count). The van der Waals surface area contributed by atoms with Crippen LogP contribution in [0.5, 0.6) is 0 Å². The monoisotopic (exact) mass is 207 g/mol. The third-order valence-corrected chi connectivity index (χ3v) is 1.72. The van der Waals surface area contributed by atoms with Gasteiger partial charge in [-0.15, -0.1) is 0 Å². The lowest BCUT2D eigenvalue weighted by atomic mass is 10.8. The van der Waals surface area contributed by atoms with Crippen molar-refractivity contribution in [3.8, 4) is 0 Å². The molecule has 0 aliphatic carbocycles. The largest absolute Gasteiger partial charge is 0.480 e. The first-order valence-electron chi connectivity index (χ1n) is 4.40. The van der Waals surface area contributed by atoms with E-state index in [1.807, 2.05) is 0 Å². The third kappa shape index (κ3) is 5.36. The molecule has 5 N–H and O–H groups in total. The Morgan fingerprint density at radius 1 is 1.57 bits per heavy atom. The van der Waals surface area contributed by atoms with E-state index in [2.05, 4.69) is 4.99 Å². The summed E-state index contributed by atoms with van der Waals surface area (Å²) in [7, 11) is 3.59. The average molecular weight is 207 g/mol. The predicted octanol–water partition coefficient (Wildman–Crippen LogP) is -0.945. The second kappa shape index (κ2) is 6.20. The number of rotatable bonds is 5. The van der Waals surface area contributed by atoms with Crippen molar-refractivity contribution in [2.75, 3.05) is 20.6 Å². The summed E-state index contributed by atoms with van der Waals surface area (Å²) in [6, 6.07) is -0.800. The van der Waals surface area contributed by atoms with Crippen LogP contribution in [-0.4, -0.2) is 48.6 Å². The van der Waals surface area contributed by atoms with E-state index in [9.17, 15) is 4.79 Å². The maximum atomic E-state index is 10.3. The minimum atomic E-state index is -0.977. The van der Waals surface area contributed by atoms with Gasteiger partial charge in [-0.25, -0.2) is 0 Å². The van der Waals surface area contributed by atoms with Gasteiger partial charge in [-0.1, -0.05) is 0 Å². The highest BCUT2D eigenvalue weighted by atomic mass is 16.5. The lowest BCUT2D eigenvalue weighted by Gasteiger charge is -2.10. The summed E-state index contributed by atoms with van der Waals surface area (Å²) >= 11 is 0. The van der Waals surface area contributed by atoms with Gasteiger partial charge < -0.3 is 21.5 Å². The molecule has 0 amide bonds. The van der Waals surface area contributed by atoms with E-state index < -0.39 is 12.0 Å². The number of guanidine groups is 1. The van der Waals surface area contributed by atoms with Crippen LogP contribution < -0.4 is 11.5 Å². The van der Waals surface area contributed by atoms with Crippen LogP contribution in [0.4, 0.5) is 0 Å². The number of aliphatic carboxylic acids is 1. The number of hydrogen-bond donors (Lipinski definition) is 3. The second-order valence-corrected chi connectivity index (χ2v) is 3.22. The molecule has 0 spiro atoms. The summed E-state index contributed by atoms with van der Waals surface area (Å²) in [5, 5.41) is 8.48. The van der Waals surface area contributed by atoms with Crippen molar-refractivity contribution in [3.05, 3.63) is 0 Å². The minimum absolute atomic E-state index is 0.416. The first-order chi connectivity index (χ1) is 6.45. The SMILES string of the molecule is CN(C)C(N)=N[13CH2][13CH2][13CH2][13CH](N)[13C](=O)O. The highest BCUT2D eigenvalue weighted by molar-refractivity contribution is 5.77. The van der Waals surface area contributed by atoms with E-state index in [0.717, 1.165) is 0 Å². The number of carbonyl (C=O) groups is 1. The molecule has 0 heterocycles. The molecule has 0 bridgehead atoms. The summed E-state index contributed by atoms with van der Waals surface area (Å²) in [4.78, 5) is 16.1. The fourth-order valence-corrected chi connectivity index (χ4v) is 0.770. The highest BCUT2D eigenvalue weighted by Crippen LogP contribution is 1.95. The van der Waals surface area contributed by atoms with E-state index in [1.54, 1.807) is 19.0 Å². The van der Waals surface area contributed by atoms with Crippen LogP contribution in [0.15, 0.2) is 4.99 Å². The summed E-state index contributed by atoms with van der Waals surface area (Å²) in [6.45, 7) is 0.505. The van der Waals surface area contributed by atoms with Crippen molar-refractivity contribution in [1.82, 2.24) is 4.90 Å². The Morgan fingerprint density at radius 3 is 2.57 bits per heavy atom. The first kappa shape index (κ1) is 12.7. The van der Waals surface area contributed by atoms with Crippen LogP contribution in [0.25, 0.3) is 0 Å². The van der Waals surface area contributed by atoms with Gasteiger partial charge >= 0.3 is 5.97 Å². The van der Waals surface area contributed by atoms with Crippen LogP contribution >= 0.6 is 0 Å². The Morgan fingerprint density at radius 2 is 2.14 bits per heavy atom. The maximum Gasteiger partial charge on any atom is 0.320 e. The van der Waals surface area contributed by atoms with Crippen molar-refractivity contribution in [3.63, 3.8) is 0 Å². The van der Waals surface area contributed by atoms with Gasteiger partial charge in [-0.05, 0) is 12.8 Å².